The normalized spacial score (nSPS) is 13.7. The number of nitrogens with one attached hydrogen (secondary N) is 2. The zero-order chi connectivity index (χ0) is 15.2. The standard InChI is InChI=1S/C13H21N7O/c1-4-15-11-17-12(16-10(3)9(2)7-21)19-13(18-11)20-6-5-14-8-20/h5-6,8-10,21H,4,7H2,1-3H3,(H2,15,16,17,18,19). The Kier molecular flexibility index (Phi) is 5.04. The largest absolute Gasteiger partial charge is 0.396 e. The van der Waals surface area contributed by atoms with Gasteiger partial charge in [-0.05, 0) is 19.8 Å². The first-order valence-electron chi connectivity index (χ1n) is 6.99. The number of nitrogens with zero attached hydrogens (tertiary/aromatic N) is 5. The van der Waals surface area contributed by atoms with Gasteiger partial charge in [-0.15, -0.1) is 0 Å². The van der Waals surface area contributed by atoms with Crippen LogP contribution in [-0.4, -0.2) is 48.8 Å². The molecular weight excluding hydrogens is 270 g/mol. The van der Waals surface area contributed by atoms with Crippen molar-refractivity contribution in [3.05, 3.63) is 18.7 Å². The van der Waals surface area contributed by atoms with Gasteiger partial charge in [0.1, 0.15) is 6.33 Å². The van der Waals surface area contributed by atoms with Gasteiger partial charge in [0.2, 0.25) is 17.8 Å². The fourth-order valence-electron chi connectivity index (χ4n) is 1.66. The SMILES string of the molecule is CCNc1nc(NC(C)C(C)CO)nc(-n2ccnc2)n1. The number of aliphatic hydroxyl groups excluding tert-OH is 1. The van der Waals surface area contributed by atoms with Crippen LogP contribution in [0.1, 0.15) is 20.8 Å². The Morgan fingerprint density at radius 2 is 2.00 bits per heavy atom. The van der Waals surface area contributed by atoms with Crippen molar-refractivity contribution in [1.29, 1.82) is 0 Å². The molecule has 0 radical (unpaired) electrons. The Hall–Kier alpha value is -2.22. The molecule has 0 saturated carbocycles. The van der Waals surface area contributed by atoms with E-state index < -0.39 is 0 Å². The molecule has 0 fully saturated rings. The lowest BCUT2D eigenvalue weighted by molar-refractivity contribution is 0.226. The van der Waals surface area contributed by atoms with Crippen LogP contribution in [0.25, 0.3) is 5.95 Å². The number of anilines is 2. The minimum atomic E-state index is 0.0440. The van der Waals surface area contributed by atoms with E-state index in [2.05, 4.69) is 30.6 Å². The van der Waals surface area contributed by atoms with Gasteiger partial charge < -0.3 is 15.7 Å². The molecule has 0 spiro atoms. The minimum absolute atomic E-state index is 0.0440. The van der Waals surface area contributed by atoms with E-state index in [9.17, 15) is 5.11 Å². The second-order valence-corrected chi connectivity index (χ2v) is 4.88. The maximum absolute atomic E-state index is 9.21. The molecule has 2 aromatic rings. The van der Waals surface area contributed by atoms with E-state index in [1.165, 1.54) is 0 Å². The first-order chi connectivity index (χ1) is 10.1. The number of aromatic nitrogens is 5. The fourth-order valence-corrected chi connectivity index (χ4v) is 1.66. The van der Waals surface area contributed by atoms with Crippen molar-refractivity contribution < 1.29 is 5.11 Å². The van der Waals surface area contributed by atoms with Crippen molar-refractivity contribution in [3.63, 3.8) is 0 Å². The zero-order valence-corrected chi connectivity index (χ0v) is 12.5. The van der Waals surface area contributed by atoms with Crippen molar-refractivity contribution >= 4 is 11.9 Å². The molecule has 2 unspecified atom stereocenters. The topological polar surface area (TPSA) is 101 Å². The summed E-state index contributed by atoms with van der Waals surface area (Å²) in [5.41, 5.74) is 0. The molecule has 8 heteroatoms. The molecule has 21 heavy (non-hydrogen) atoms. The van der Waals surface area contributed by atoms with Gasteiger partial charge in [-0.25, -0.2) is 4.98 Å². The van der Waals surface area contributed by atoms with Gasteiger partial charge in [0.25, 0.3) is 0 Å². The van der Waals surface area contributed by atoms with Crippen LogP contribution in [0.4, 0.5) is 11.9 Å². The van der Waals surface area contributed by atoms with Crippen molar-refractivity contribution in [2.75, 3.05) is 23.8 Å². The highest BCUT2D eigenvalue weighted by Crippen LogP contribution is 2.12. The van der Waals surface area contributed by atoms with Crippen LogP contribution in [0.3, 0.4) is 0 Å². The summed E-state index contributed by atoms with van der Waals surface area (Å²) in [6, 6.07) is 0.0440. The highest BCUT2D eigenvalue weighted by atomic mass is 16.3. The lowest BCUT2D eigenvalue weighted by Gasteiger charge is -2.19. The minimum Gasteiger partial charge on any atom is -0.396 e. The van der Waals surface area contributed by atoms with Gasteiger partial charge in [0, 0.05) is 31.6 Å². The van der Waals surface area contributed by atoms with Gasteiger partial charge in [0.15, 0.2) is 0 Å². The predicted octanol–water partition coefficient (Wildman–Crippen LogP) is 0.918. The van der Waals surface area contributed by atoms with E-state index in [4.69, 9.17) is 0 Å². The van der Waals surface area contributed by atoms with Crippen molar-refractivity contribution in [1.82, 2.24) is 24.5 Å². The summed E-state index contributed by atoms with van der Waals surface area (Å²) in [7, 11) is 0. The molecule has 2 rings (SSSR count). The molecule has 0 saturated heterocycles. The second-order valence-electron chi connectivity index (χ2n) is 4.88. The van der Waals surface area contributed by atoms with E-state index in [0.717, 1.165) is 6.54 Å². The second kappa shape index (κ2) is 6.98. The molecule has 2 aromatic heterocycles. The summed E-state index contributed by atoms with van der Waals surface area (Å²) in [6.07, 6.45) is 5.07. The molecule has 0 aliphatic rings. The zero-order valence-electron chi connectivity index (χ0n) is 12.5. The highest BCUT2D eigenvalue weighted by molar-refractivity contribution is 5.38. The summed E-state index contributed by atoms with van der Waals surface area (Å²) in [6.45, 7) is 6.74. The smallest absolute Gasteiger partial charge is 0.241 e. The van der Waals surface area contributed by atoms with E-state index >= 15 is 0 Å². The van der Waals surface area contributed by atoms with Crippen molar-refractivity contribution in [2.24, 2.45) is 5.92 Å². The van der Waals surface area contributed by atoms with Crippen LogP contribution in [0.15, 0.2) is 18.7 Å². The summed E-state index contributed by atoms with van der Waals surface area (Å²) in [4.78, 5) is 17.0. The highest BCUT2D eigenvalue weighted by Gasteiger charge is 2.14. The van der Waals surface area contributed by atoms with Gasteiger partial charge in [-0.2, -0.15) is 15.0 Å². The number of aliphatic hydroxyl groups is 1. The lowest BCUT2D eigenvalue weighted by Crippen LogP contribution is -2.27. The Labute approximate surface area is 123 Å². The van der Waals surface area contributed by atoms with Crippen LogP contribution in [-0.2, 0) is 0 Å². The Balaban J connectivity index is 2.27. The molecule has 8 nitrogen and oxygen atoms in total. The average Bonchev–Trinajstić information content (AvgIpc) is 3.00. The average molecular weight is 291 g/mol. The maximum Gasteiger partial charge on any atom is 0.241 e. The van der Waals surface area contributed by atoms with Gasteiger partial charge in [0.05, 0.1) is 0 Å². The number of imidazole rings is 1. The monoisotopic (exact) mass is 291 g/mol. The van der Waals surface area contributed by atoms with Crippen molar-refractivity contribution in [2.45, 2.75) is 26.8 Å². The number of hydrogen-bond acceptors (Lipinski definition) is 7. The Bertz CT molecular complexity index is 558. The van der Waals surface area contributed by atoms with E-state index in [1.807, 2.05) is 20.8 Å². The predicted molar refractivity (Wildman–Crippen MR) is 80.4 cm³/mol. The fraction of sp³-hybridized carbons (Fsp3) is 0.538. The summed E-state index contributed by atoms with van der Waals surface area (Å²) in [5.74, 6) is 1.56. The van der Waals surface area contributed by atoms with Crippen LogP contribution in [0.5, 0.6) is 0 Å². The van der Waals surface area contributed by atoms with Crippen LogP contribution in [0.2, 0.25) is 0 Å². The third-order valence-electron chi connectivity index (χ3n) is 3.19. The summed E-state index contributed by atoms with van der Waals surface area (Å²) in [5, 5.41) is 15.5. The first kappa shape index (κ1) is 15.2. The molecule has 0 aromatic carbocycles. The molecule has 0 amide bonds. The lowest BCUT2D eigenvalue weighted by atomic mass is 10.1. The van der Waals surface area contributed by atoms with Crippen LogP contribution >= 0.6 is 0 Å². The molecule has 0 aliphatic carbocycles. The first-order valence-corrected chi connectivity index (χ1v) is 6.99. The third-order valence-corrected chi connectivity index (χ3v) is 3.19. The van der Waals surface area contributed by atoms with Gasteiger partial charge in [-0.1, -0.05) is 6.92 Å². The quantitative estimate of drug-likeness (QED) is 0.697. The molecule has 2 atom stereocenters. The Morgan fingerprint density at radius 1 is 1.24 bits per heavy atom. The molecule has 0 bridgehead atoms. The van der Waals surface area contributed by atoms with Crippen molar-refractivity contribution in [3.8, 4) is 5.95 Å². The number of rotatable bonds is 7. The van der Waals surface area contributed by atoms with Gasteiger partial charge >= 0.3 is 0 Å². The summed E-state index contributed by atoms with van der Waals surface area (Å²) >= 11 is 0. The van der Waals surface area contributed by atoms with E-state index in [-0.39, 0.29) is 18.6 Å². The van der Waals surface area contributed by atoms with Crippen LogP contribution in [0, 0.1) is 5.92 Å². The van der Waals surface area contributed by atoms with Gasteiger partial charge in [-0.3, -0.25) is 4.57 Å². The third kappa shape index (κ3) is 3.88. The molecular formula is C13H21N7O. The Morgan fingerprint density at radius 3 is 2.62 bits per heavy atom. The molecule has 3 N–H and O–H groups in total. The number of hydrogen-bond donors (Lipinski definition) is 3. The molecule has 114 valence electrons. The summed E-state index contributed by atoms with van der Waals surface area (Å²) < 4.78 is 1.72. The molecule has 2 heterocycles. The maximum atomic E-state index is 9.21. The van der Waals surface area contributed by atoms with Crippen LogP contribution < -0.4 is 10.6 Å². The van der Waals surface area contributed by atoms with E-state index in [1.54, 1.807) is 23.3 Å². The molecule has 0 aliphatic heterocycles. The van der Waals surface area contributed by atoms with E-state index in [0.29, 0.717) is 17.8 Å².